The van der Waals surface area contributed by atoms with Crippen LogP contribution in [0, 0.1) is 0 Å². The first-order chi connectivity index (χ1) is 3.71. The van der Waals surface area contributed by atoms with E-state index in [1.54, 1.807) is 0 Å². The van der Waals surface area contributed by atoms with Crippen LogP contribution in [0.2, 0.25) is 0 Å². The molecule has 0 aliphatic carbocycles. The fourth-order valence-electron chi connectivity index (χ4n) is 0.580. The number of nitrogens with one attached hydrogen (secondary N) is 1. The van der Waals surface area contributed by atoms with E-state index >= 15 is 0 Å². The molecule has 0 aromatic carbocycles. The molecular formula is C4H13NP2S2. The molecule has 1 N–H and O–H groups in total. The molecule has 0 saturated heterocycles. The molecule has 0 rings (SSSR count). The molecule has 0 aliphatic heterocycles. The minimum Gasteiger partial charge on any atom is -0.260 e. The Morgan fingerprint density at radius 1 is 0.889 bits per heavy atom. The summed E-state index contributed by atoms with van der Waals surface area (Å²) in [5, 5.41) is 0. The molecule has 0 fully saturated rings. The van der Waals surface area contributed by atoms with Gasteiger partial charge in [-0.3, -0.25) is 4.86 Å². The largest absolute Gasteiger partial charge is 0.260 e. The maximum Gasteiger partial charge on any atom is 0.0104 e. The van der Waals surface area contributed by atoms with Crippen molar-refractivity contribution in [2.24, 2.45) is 0 Å². The van der Waals surface area contributed by atoms with Gasteiger partial charge in [0.2, 0.25) is 0 Å². The van der Waals surface area contributed by atoms with Gasteiger partial charge in [0, 0.05) is 12.4 Å². The summed E-state index contributed by atoms with van der Waals surface area (Å²) in [7, 11) is 0. The topological polar surface area (TPSA) is 12.0 Å². The van der Waals surface area contributed by atoms with E-state index in [4.69, 9.17) is 23.6 Å². The Labute approximate surface area is 67.7 Å². The van der Waals surface area contributed by atoms with Gasteiger partial charge in [0.15, 0.2) is 0 Å². The van der Waals surface area contributed by atoms with E-state index < -0.39 is 12.4 Å². The predicted octanol–water partition coefficient (Wildman–Crippen LogP) is 1.88. The highest BCUT2D eigenvalue weighted by Crippen LogP contribution is 2.46. The summed E-state index contributed by atoms with van der Waals surface area (Å²) in [5.74, 6) is 0. The molecule has 0 bridgehead atoms. The Morgan fingerprint density at radius 3 is 1.11 bits per heavy atom. The van der Waals surface area contributed by atoms with E-state index in [1.165, 1.54) is 0 Å². The number of rotatable bonds is 2. The van der Waals surface area contributed by atoms with E-state index in [-0.39, 0.29) is 0 Å². The van der Waals surface area contributed by atoms with Crippen molar-refractivity contribution in [3.8, 4) is 0 Å². The Hall–Kier alpha value is 1.26. The summed E-state index contributed by atoms with van der Waals surface area (Å²) in [6, 6.07) is 0. The van der Waals surface area contributed by atoms with Crippen molar-refractivity contribution >= 4 is 36.0 Å². The normalized spacial score (nSPS) is 13.8. The molecular weight excluding hydrogens is 188 g/mol. The van der Waals surface area contributed by atoms with Gasteiger partial charge in [0.05, 0.1) is 0 Å². The first-order valence-electron chi connectivity index (χ1n) is 2.60. The second kappa shape index (κ2) is 3.11. The van der Waals surface area contributed by atoms with Crippen LogP contribution in [0.5, 0.6) is 0 Å². The van der Waals surface area contributed by atoms with Crippen LogP contribution in [0.15, 0.2) is 0 Å². The molecule has 0 aliphatic rings. The van der Waals surface area contributed by atoms with Gasteiger partial charge < -0.3 is 0 Å². The Bertz CT molecular complexity index is 157. The lowest BCUT2D eigenvalue weighted by atomic mass is 11.9. The average molecular weight is 201 g/mol. The van der Waals surface area contributed by atoms with E-state index in [1.807, 2.05) is 0 Å². The van der Waals surface area contributed by atoms with Crippen molar-refractivity contribution < 1.29 is 0 Å². The van der Waals surface area contributed by atoms with Crippen molar-refractivity contribution in [3.05, 3.63) is 0 Å². The first kappa shape index (κ1) is 10.3. The monoisotopic (exact) mass is 201 g/mol. The Kier molecular flexibility index (Phi) is 3.54. The van der Waals surface area contributed by atoms with E-state index in [2.05, 4.69) is 31.5 Å². The summed E-state index contributed by atoms with van der Waals surface area (Å²) < 4.78 is 0. The SMILES string of the molecule is CP(C)(=S)NP(C)(C)=S. The first-order valence-corrected chi connectivity index (χ1v) is 9.99. The molecule has 0 radical (unpaired) electrons. The third-order valence-corrected chi connectivity index (χ3v) is 5.80. The van der Waals surface area contributed by atoms with E-state index in [9.17, 15) is 0 Å². The van der Waals surface area contributed by atoms with Gasteiger partial charge in [-0.05, 0) is 26.7 Å². The van der Waals surface area contributed by atoms with Crippen LogP contribution >= 0.6 is 12.4 Å². The Morgan fingerprint density at radius 2 is 1.11 bits per heavy atom. The molecule has 0 heterocycles. The molecule has 0 unspecified atom stereocenters. The molecule has 0 amide bonds. The highest BCUT2D eigenvalue weighted by molar-refractivity contribution is 8.21. The molecule has 0 aromatic heterocycles. The molecule has 56 valence electrons. The Balaban J connectivity index is 4.07. The number of hydrogen-bond acceptors (Lipinski definition) is 2. The average Bonchev–Trinajstić information content (AvgIpc) is 1.14. The molecule has 9 heavy (non-hydrogen) atoms. The van der Waals surface area contributed by atoms with Crippen molar-refractivity contribution in [1.29, 1.82) is 0 Å². The molecule has 1 nitrogen and oxygen atoms in total. The second-order valence-electron chi connectivity index (χ2n) is 2.80. The van der Waals surface area contributed by atoms with Crippen molar-refractivity contribution in [1.82, 2.24) is 4.86 Å². The van der Waals surface area contributed by atoms with Gasteiger partial charge in [-0.2, -0.15) is 0 Å². The highest BCUT2D eigenvalue weighted by atomic mass is 32.5. The number of hydrogen-bond donors (Lipinski definition) is 1. The maximum atomic E-state index is 5.19. The van der Waals surface area contributed by atoms with Crippen LogP contribution in [0.1, 0.15) is 0 Å². The summed E-state index contributed by atoms with van der Waals surface area (Å²) in [6.45, 7) is 8.26. The molecule has 0 spiro atoms. The van der Waals surface area contributed by atoms with Gasteiger partial charge in [-0.25, -0.2) is 0 Å². The van der Waals surface area contributed by atoms with Crippen molar-refractivity contribution in [2.75, 3.05) is 26.7 Å². The summed E-state index contributed by atoms with van der Waals surface area (Å²) in [5.41, 5.74) is 0. The van der Waals surface area contributed by atoms with E-state index in [0.717, 1.165) is 0 Å². The van der Waals surface area contributed by atoms with Crippen LogP contribution in [0.25, 0.3) is 0 Å². The zero-order chi connectivity index (χ0) is 7.71. The van der Waals surface area contributed by atoms with Gasteiger partial charge in [0.1, 0.15) is 0 Å². The maximum absolute atomic E-state index is 5.19. The minimum absolute atomic E-state index is 1.26. The lowest BCUT2D eigenvalue weighted by Crippen LogP contribution is -2.02. The summed E-state index contributed by atoms with van der Waals surface area (Å²) in [4.78, 5) is 3.31. The third kappa shape index (κ3) is 9.26. The molecule has 0 saturated carbocycles. The smallest absolute Gasteiger partial charge is 0.0104 e. The highest BCUT2D eigenvalue weighted by Gasteiger charge is 2.07. The second-order valence-corrected chi connectivity index (χ2v) is 14.5. The molecule has 0 atom stereocenters. The van der Waals surface area contributed by atoms with Crippen LogP contribution in [0.4, 0.5) is 0 Å². The van der Waals surface area contributed by atoms with Crippen molar-refractivity contribution in [2.45, 2.75) is 0 Å². The lowest BCUT2D eigenvalue weighted by molar-refractivity contribution is 1.60. The predicted molar refractivity (Wildman–Crippen MR) is 55.4 cm³/mol. The molecule has 5 heteroatoms. The third-order valence-electron chi connectivity index (χ3n) is 0.482. The zero-order valence-electron chi connectivity index (χ0n) is 6.21. The zero-order valence-corrected chi connectivity index (χ0v) is 9.63. The quantitative estimate of drug-likeness (QED) is 0.685. The fourth-order valence-corrected chi connectivity index (χ4v) is 9.36. The standard InChI is InChI=1S/C4H13NP2S2/c1-6(2,8)5-7(3,4)9/h1-4H3,(H,5,8,9). The summed E-state index contributed by atoms with van der Waals surface area (Å²) >= 11 is 10.4. The fraction of sp³-hybridized carbons (Fsp3) is 1.00. The van der Waals surface area contributed by atoms with Crippen LogP contribution in [-0.2, 0) is 23.6 Å². The van der Waals surface area contributed by atoms with Gasteiger partial charge in [0.25, 0.3) is 0 Å². The molecule has 0 aromatic rings. The van der Waals surface area contributed by atoms with Gasteiger partial charge in [-0.1, -0.05) is 23.6 Å². The minimum atomic E-state index is -1.26. The van der Waals surface area contributed by atoms with Crippen LogP contribution in [-0.4, -0.2) is 26.7 Å². The van der Waals surface area contributed by atoms with E-state index in [0.29, 0.717) is 0 Å². The van der Waals surface area contributed by atoms with Gasteiger partial charge >= 0.3 is 0 Å². The van der Waals surface area contributed by atoms with Crippen LogP contribution < -0.4 is 4.86 Å². The van der Waals surface area contributed by atoms with Crippen molar-refractivity contribution in [3.63, 3.8) is 0 Å². The summed E-state index contributed by atoms with van der Waals surface area (Å²) in [6.07, 6.45) is -2.52. The van der Waals surface area contributed by atoms with Crippen LogP contribution in [0.3, 0.4) is 0 Å². The van der Waals surface area contributed by atoms with Gasteiger partial charge in [-0.15, -0.1) is 0 Å². The lowest BCUT2D eigenvalue weighted by Gasteiger charge is -2.19.